The third-order valence-corrected chi connectivity index (χ3v) is 5.39. The second kappa shape index (κ2) is 8.45. The van der Waals surface area contributed by atoms with Crippen LogP contribution in [-0.2, 0) is 16.1 Å². The number of piperazine rings is 1. The predicted molar refractivity (Wildman–Crippen MR) is 108 cm³/mol. The number of aromatic nitrogens is 3. The first-order valence-corrected chi connectivity index (χ1v) is 9.91. The van der Waals surface area contributed by atoms with Crippen molar-refractivity contribution in [3.05, 3.63) is 42.5 Å². The van der Waals surface area contributed by atoms with Crippen LogP contribution >= 0.6 is 0 Å². The Hall–Kier alpha value is -3.18. The van der Waals surface area contributed by atoms with E-state index >= 15 is 0 Å². The zero-order valence-corrected chi connectivity index (χ0v) is 16.3. The number of anilines is 1. The quantitative estimate of drug-likeness (QED) is 0.722. The molecule has 0 saturated carbocycles. The molecule has 2 aliphatic rings. The van der Waals surface area contributed by atoms with Crippen LogP contribution in [0.2, 0.25) is 0 Å². The Labute approximate surface area is 170 Å². The number of amides is 1. The minimum absolute atomic E-state index is 0.105. The van der Waals surface area contributed by atoms with Crippen molar-refractivity contribution in [1.82, 2.24) is 19.7 Å². The van der Waals surface area contributed by atoms with Crippen molar-refractivity contribution in [3.63, 3.8) is 0 Å². The molecule has 0 radical (unpaired) electrons. The fourth-order valence-electron chi connectivity index (χ4n) is 3.84. The van der Waals surface area contributed by atoms with E-state index in [0.717, 1.165) is 30.2 Å². The van der Waals surface area contributed by atoms with Crippen LogP contribution in [0.4, 0.5) is 5.95 Å². The number of ether oxygens (including phenoxy) is 1. The molecular formula is C21H24N6O2. The third-order valence-electron chi connectivity index (χ3n) is 5.39. The van der Waals surface area contributed by atoms with E-state index in [0.29, 0.717) is 44.9 Å². The normalized spacial score (nSPS) is 19.2. The summed E-state index contributed by atoms with van der Waals surface area (Å²) < 4.78 is 7.56. The molecule has 0 unspecified atom stereocenters. The van der Waals surface area contributed by atoms with Gasteiger partial charge < -0.3 is 14.5 Å². The van der Waals surface area contributed by atoms with Crippen LogP contribution < -0.4 is 4.90 Å². The summed E-state index contributed by atoms with van der Waals surface area (Å²) in [5, 5.41) is 17.8. The van der Waals surface area contributed by atoms with E-state index in [2.05, 4.69) is 27.7 Å². The number of nitrogens with zero attached hydrogens (tertiary/aromatic N) is 6. The predicted octanol–water partition coefficient (Wildman–Crippen LogP) is 1.83. The Morgan fingerprint density at radius 2 is 2.00 bits per heavy atom. The number of hydrogen-bond donors (Lipinski definition) is 0. The number of allylic oxidation sites excluding steroid dienone is 1. The molecule has 4 rings (SSSR count). The number of carbonyl (C=O) groups excluding carboxylic acids is 1. The second-order valence-corrected chi connectivity index (χ2v) is 7.23. The maximum absolute atomic E-state index is 12.6. The molecule has 29 heavy (non-hydrogen) atoms. The minimum Gasteiger partial charge on any atom is -0.368 e. The van der Waals surface area contributed by atoms with Gasteiger partial charge in [0.1, 0.15) is 6.10 Å². The number of benzene rings is 1. The van der Waals surface area contributed by atoms with E-state index in [4.69, 9.17) is 10.00 Å². The number of hydrogen-bond acceptors (Lipinski definition) is 6. The molecule has 1 atom stereocenters. The summed E-state index contributed by atoms with van der Waals surface area (Å²) in [6.07, 6.45) is 3.32. The fraction of sp³-hybridized carbons (Fsp3) is 0.429. The average molecular weight is 392 g/mol. The summed E-state index contributed by atoms with van der Waals surface area (Å²) in [6.45, 7) is 7.79. The molecule has 0 spiro atoms. The van der Waals surface area contributed by atoms with E-state index in [-0.39, 0.29) is 12.0 Å². The lowest BCUT2D eigenvalue weighted by molar-refractivity contribution is -0.141. The standard InChI is InChI=1S/C21H24N6O2/c1-2-9-27-19(17-7-5-16(15-22)6-8-17)23-24-21(27)26-12-10-25(11-13-26)20(28)18-4-3-14-29-18/h2,5-8,18H,1,3-4,9-14H2/t18-/m0/s1. The highest BCUT2D eigenvalue weighted by molar-refractivity contribution is 5.81. The fourth-order valence-corrected chi connectivity index (χ4v) is 3.84. The summed E-state index contributed by atoms with van der Waals surface area (Å²) >= 11 is 0. The zero-order chi connectivity index (χ0) is 20.2. The van der Waals surface area contributed by atoms with Crippen LogP contribution in [-0.4, -0.2) is 64.5 Å². The van der Waals surface area contributed by atoms with Crippen molar-refractivity contribution in [2.24, 2.45) is 0 Å². The van der Waals surface area contributed by atoms with Crippen molar-refractivity contribution in [2.75, 3.05) is 37.7 Å². The van der Waals surface area contributed by atoms with E-state index in [1.807, 2.05) is 27.7 Å². The first-order valence-electron chi connectivity index (χ1n) is 9.91. The highest BCUT2D eigenvalue weighted by Gasteiger charge is 2.31. The van der Waals surface area contributed by atoms with Crippen molar-refractivity contribution in [1.29, 1.82) is 5.26 Å². The van der Waals surface area contributed by atoms with E-state index in [1.54, 1.807) is 12.1 Å². The summed E-state index contributed by atoms with van der Waals surface area (Å²) in [7, 11) is 0. The monoisotopic (exact) mass is 392 g/mol. The smallest absolute Gasteiger partial charge is 0.251 e. The molecule has 2 saturated heterocycles. The van der Waals surface area contributed by atoms with E-state index in [1.165, 1.54) is 0 Å². The van der Waals surface area contributed by atoms with Crippen LogP contribution in [0, 0.1) is 11.3 Å². The SMILES string of the molecule is C=CCn1c(-c2ccc(C#N)cc2)nnc1N1CCN(C(=O)[C@@H]2CCCO2)CC1. The van der Waals surface area contributed by atoms with Gasteiger partial charge in [-0.1, -0.05) is 6.08 Å². The van der Waals surface area contributed by atoms with Gasteiger partial charge in [0.25, 0.3) is 5.91 Å². The van der Waals surface area contributed by atoms with E-state index < -0.39 is 0 Å². The van der Waals surface area contributed by atoms with Gasteiger partial charge in [0.05, 0.1) is 11.6 Å². The van der Waals surface area contributed by atoms with Gasteiger partial charge in [-0.2, -0.15) is 5.26 Å². The molecule has 0 N–H and O–H groups in total. The van der Waals surface area contributed by atoms with Gasteiger partial charge >= 0.3 is 0 Å². The van der Waals surface area contributed by atoms with Crippen molar-refractivity contribution >= 4 is 11.9 Å². The van der Waals surface area contributed by atoms with Gasteiger partial charge in [-0.15, -0.1) is 16.8 Å². The molecule has 2 fully saturated rings. The number of carbonyl (C=O) groups is 1. The first kappa shape index (κ1) is 19.2. The molecule has 2 aromatic rings. The van der Waals surface area contributed by atoms with Crippen LogP contribution in [0.1, 0.15) is 18.4 Å². The van der Waals surface area contributed by atoms with Gasteiger partial charge in [-0.3, -0.25) is 9.36 Å². The van der Waals surface area contributed by atoms with E-state index in [9.17, 15) is 4.79 Å². The Kier molecular flexibility index (Phi) is 5.58. The second-order valence-electron chi connectivity index (χ2n) is 7.23. The van der Waals surface area contributed by atoms with Gasteiger partial charge in [0, 0.05) is 44.9 Å². The van der Waals surface area contributed by atoms with Gasteiger partial charge in [-0.25, -0.2) is 0 Å². The summed E-state index contributed by atoms with van der Waals surface area (Å²) in [5.41, 5.74) is 1.51. The lowest BCUT2D eigenvalue weighted by atomic mass is 10.1. The highest BCUT2D eigenvalue weighted by Crippen LogP contribution is 2.25. The molecule has 1 amide bonds. The lowest BCUT2D eigenvalue weighted by Crippen LogP contribution is -2.52. The summed E-state index contributed by atoms with van der Waals surface area (Å²) in [4.78, 5) is 16.6. The summed E-state index contributed by atoms with van der Waals surface area (Å²) in [6, 6.07) is 9.44. The molecular weight excluding hydrogens is 368 g/mol. The summed E-state index contributed by atoms with van der Waals surface area (Å²) in [5.74, 6) is 1.61. The minimum atomic E-state index is -0.269. The molecule has 8 heteroatoms. The van der Waals surface area contributed by atoms with Crippen LogP contribution in [0.25, 0.3) is 11.4 Å². The Morgan fingerprint density at radius 1 is 1.24 bits per heavy atom. The first-order chi connectivity index (χ1) is 14.2. The van der Waals surface area contributed by atoms with Crippen molar-refractivity contribution in [2.45, 2.75) is 25.5 Å². The number of rotatable bonds is 5. The van der Waals surface area contributed by atoms with Crippen LogP contribution in [0.15, 0.2) is 36.9 Å². The Balaban J connectivity index is 1.50. The Bertz CT molecular complexity index is 916. The van der Waals surface area contributed by atoms with Gasteiger partial charge in [0.2, 0.25) is 5.95 Å². The largest absolute Gasteiger partial charge is 0.368 e. The maximum atomic E-state index is 12.6. The van der Waals surface area contributed by atoms with Gasteiger partial charge in [-0.05, 0) is 37.1 Å². The molecule has 0 aliphatic carbocycles. The molecule has 2 aliphatic heterocycles. The van der Waals surface area contributed by atoms with Crippen molar-refractivity contribution < 1.29 is 9.53 Å². The Morgan fingerprint density at radius 3 is 2.62 bits per heavy atom. The average Bonchev–Trinajstić information content (AvgIpc) is 3.44. The molecule has 1 aromatic heterocycles. The highest BCUT2D eigenvalue weighted by atomic mass is 16.5. The third kappa shape index (κ3) is 3.87. The van der Waals surface area contributed by atoms with Crippen LogP contribution in [0.3, 0.4) is 0 Å². The number of nitriles is 1. The molecule has 1 aromatic carbocycles. The molecule has 8 nitrogen and oxygen atoms in total. The molecule has 150 valence electrons. The zero-order valence-electron chi connectivity index (χ0n) is 16.3. The van der Waals surface area contributed by atoms with Crippen molar-refractivity contribution in [3.8, 4) is 17.5 Å². The topological polar surface area (TPSA) is 87.3 Å². The maximum Gasteiger partial charge on any atom is 0.251 e. The molecule has 0 bridgehead atoms. The lowest BCUT2D eigenvalue weighted by Gasteiger charge is -2.36. The molecule has 3 heterocycles. The van der Waals surface area contributed by atoms with Gasteiger partial charge in [0.15, 0.2) is 5.82 Å². The van der Waals surface area contributed by atoms with Crippen LogP contribution in [0.5, 0.6) is 0 Å².